The Kier molecular flexibility index (Phi) is 3.00. The van der Waals surface area contributed by atoms with Gasteiger partial charge in [0.05, 0.1) is 5.69 Å². The molecule has 2 rings (SSSR count). The number of hydrogen-bond acceptors (Lipinski definition) is 2. The molecule has 17 heavy (non-hydrogen) atoms. The number of nitrogens with two attached hydrogens (primary N) is 1. The Morgan fingerprint density at radius 2 is 2.06 bits per heavy atom. The average Bonchev–Trinajstić information content (AvgIpc) is 2.22. The van der Waals surface area contributed by atoms with Crippen LogP contribution in [-0.2, 0) is 0 Å². The fraction of sp³-hybridized carbons (Fsp3) is 0.417. The van der Waals surface area contributed by atoms with Gasteiger partial charge in [0.1, 0.15) is 11.4 Å². The number of benzene rings is 1. The normalized spacial score (nSPS) is 23.0. The summed E-state index contributed by atoms with van der Waals surface area (Å²) in [6.45, 7) is 2.06. The lowest BCUT2D eigenvalue weighted by molar-refractivity contribution is 0.0887. The molecule has 0 unspecified atom stereocenters. The summed E-state index contributed by atoms with van der Waals surface area (Å²) < 4.78 is 26.9. The van der Waals surface area contributed by atoms with Gasteiger partial charge in [-0.2, -0.15) is 0 Å². The molecule has 1 saturated carbocycles. The first kappa shape index (κ1) is 11.8. The van der Waals surface area contributed by atoms with E-state index in [1.165, 1.54) is 0 Å². The number of anilines is 1. The van der Waals surface area contributed by atoms with E-state index in [0.717, 1.165) is 25.0 Å². The highest BCUT2D eigenvalue weighted by atomic mass is 19.1. The summed E-state index contributed by atoms with van der Waals surface area (Å²) in [6.07, 6.45) is 1.69. The third kappa shape index (κ3) is 2.23. The molecule has 5 heteroatoms. The van der Waals surface area contributed by atoms with Crippen molar-refractivity contribution in [1.29, 1.82) is 0 Å². The van der Waals surface area contributed by atoms with E-state index in [1.54, 1.807) is 0 Å². The van der Waals surface area contributed by atoms with Crippen LogP contribution in [0.5, 0.6) is 0 Å². The maximum absolute atomic E-state index is 13.5. The minimum Gasteiger partial charge on any atom is -0.396 e. The molecule has 1 aromatic rings. The van der Waals surface area contributed by atoms with Gasteiger partial charge in [-0.3, -0.25) is 4.79 Å². The van der Waals surface area contributed by atoms with Crippen LogP contribution in [0.2, 0.25) is 0 Å². The maximum atomic E-state index is 13.5. The Bertz CT molecular complexity index is 456. The Morgan fingerprint density at radius 3 is 2.65 bits per heavy atom. The van der Waals surface area contributed by atoms with Crippen molar-refractivity contribution in [2.75, 3.05) is 5.73 Å². The Labute approximate surface area is 98.0 Å². The maximum Gasteiger partial charge on any atom is 0.257 e. The van der Waals surface area contributed by atoms with Crippen molar-refractivity contribution >= 4 is 11.6 Å². The molecule has 92 valence electrons. The van der Waals surface area contributed by atoms with Gasteiger partial charge in [0.25, 0.3) is 5.91 Å². The molecular weight excluding hydrogens is 226 g/mol. The minimum absolute atomic E-state index is 0.0118. The van der Waals surface area contributed by atoms with E-state index in [0.29, 0.717) is 5.92 Å². The predicted octanol–water partition coefficient (Wildman–Crippen LogP) is 2.08. The number of carbonyl (C=O) groups excluding carboxylic acids is 1. The highest BCUT2D eigenvalue weighted by Gasteiger charge is 2.29. The van der Waals surface area contributed by atoms with Gasteiger partial charge in [-0.25, -0.2) is 8.78 Å². The summed E-state index contributed by atoms with van der Waals surface area (Å²) in [5.41, 5.74) is 4.49. The molecule has 1 aliphatic carbocycles. The van der Waals surface area contributed by atoms with E-state index in [1.807, 2.05) is 0 Å². The number of nitrogen functional groups attached to an aromatic ring is 1. The van der Waals surface area contributed by atoms with Gasteiger partial charge in [0.2, 0.25) is 0 Å². The summed E-state index contributed by atoms with van der Waals surface area (Å²) in [5, 5.41) is 2.60. The lowest BCUT2D eigenvalue weighted by Gasteiger charge is -2.33. The lowest BCUT2D eigenvalue weighted by atomic mass is 9.82. The largest absolute Gasteiger partial charge is 0.396 e. The topological polar surface area (TPSA) is 55.1 Å². The summed E-state index contributed by atoms with van der Waals surface area (Å²) in [5.74, 6) is -2.06. The van der Waals surface area contributed by atoms with Gasteiger partial charge in [-0.1, -0.05) is 6.92 Å². The SMILES string of the molecule is CC1CC(NC(=O)c2c(F)ccc(N)c2F)C1. The molecule has 1 aromatic carbocycles. The molecule has 0 aromatic heterocycles. The van der Waals surface area contributed by atoms with Crippen LogP contribution in [0.1, 0.15) is 30.1 Å². The molecule has 1 fully saturated rings. The average molecular weight is 240 g/mol. The fourth-order valence-corrected chi connectivity index (χ4v) is 2.05. The predicted molar refractivity (Wildman–Crippen MR) is 60.4 cm³/mol. The minimum atomic E-state index is -0.991. The second-order valence-corrected chi connectivity index (χ2v) is 4.57. The molecule has 0 aliphatic heterocycles. The number of amides is 1. The number of nitrogens with one attached hydrogen (secondary N) is 1. The summed E-state index contributed by atoms with van der Waals surface area (Å²) in [4.78, 5) is 11.7. The van der Waals surface area contributed by atoms with Crippen LogP contribution in [0.25, 0.3) is 0 Å². The molecule has 0 atom stereocenters. The van der Waals surface area contributed by atoms with Crippen molar-refractivity contribution < 1.29 is 13.6 Å². The third-order valence-electron chi connectivity index (χ3n) is 3.06. The Hall–Kier alpha value is -1.65. The highest BCUT2D eigenvalue weighted by Crippen LogP contribution is 2.27. The smallest absolute Gasteiger partial charge is 0.257 e. The van der Waals surface area contributed by atoms with E-state index in [9.17, 15) is 13.6 Å². The van der Waals surface area contributed by atoms with Gasteiger partial charge in [-0.05, 0) is 30.9 Å². The van der Waals surface area contributed by atoms with Crippen LogP contribution in [0, 0.1) is 17.6 Å². The van der Waals surface area contributed by atoms with Crippen LogP contribution in [0.3, 0.4) is 0 Å². The molecule has 0 heterocycles. The van der Waals surface area contributed by atoms with E-state index < -0.39 is 23.1 Å². The third-order valence-corrected chi connectivity index (χ3v) is 3.06. The summed E-state index contributed by atoms with van der Waals surface area (Å²) >= 11 is 0. The van der Waals surface area contributed by atoms with Gasteiger partial charge < -0.3 is 11.1 Å². The van der Waals surface area contributed by atoms with Crippen LogP contribution >= 0.6 is 0 Å². The van der Waals surface area contributed by atoms with E-state index >= 15 is 0 Å². The number of hydrogen-bond donors (Lipinski definition) is 2. The van der Waals surface area contributed by atoms with Crippen LogP contribution in [0.15, 0.2) is 12.1 Å². The second kappa shape index (κ2) is 4.31. The van der Waals surface area contributed by atoms with Crippen molar-refractivity contribution in [1.82, 2.24) is 5.32 Å². The molecule has 0 bridgehead atoms. The first-order valence-electron chi connectivity index (χ1n) is 5.53. The number of rotatable bonds is 2. The molecule has 3 nitrogen and oxygen atoms in total. The molecule has 1 aliphatic rings. The molecule has 3 N–H and O–H groups in total. The van der Waals surface area contributed by atoms with Crippen molar-refractivity contribution in [3.63, 3.8) is 0 Å². The van der Waals surface area contributed by atoms with Crippen molar-refractivity contribution in [2.45, 2.75) is 25.8 Å². The van der Waals surface area contributed by atoms with E-state index in [2.05, 4.69) is 12.2 Å². The monoisotopic (exact) mass is 240 g/mol. The van der Waals surface area contributed by atoms with Gasteiger partial charge in [-0.15, -0.1) is 0 Å². The van der Waals surface area contributed by atoms with Crippen LogP contribution in [-0.4, -0.2) is 11.9 Å². The molecule has 0 saturated heterocycles. The molecule has 0 radical (unpaired) electrons. The Balaban J connectivity index is 2.16. The van der Waals surface area contributed by atoms with E-state index in [-0.39, 0.29) is 11.7 Å². The van der Waals surface area contributed by atoms with Crippen molar-refractivity contribution in [3.05, 3.63) is 29.3 Å². The standard InChI is InChI=1S/C12H14F2N2O/c1-6-4-7(5-6)16-12(17)10-8(13)2-3-9(15)11(10)14/h2-3,6-7H,4-5,15H2,1H3,(H,16,17). The zero-order chi connectivity index (χ0) is 12.6. The molecular formula is C12H14F2N2O. The van der Waals surface area contributed by atoms with Crippen LogP contribution in [0.4, 0.5) is 14.5 Å². The van der Waals surface area contributed by atoms with Gasteiger partial charge in [0, 0.05) is 6.04 Å². The Morgan fingerprint density at radius 1 is 1.41 bits per heavy atom. The lowest BCUT2D eigenvalue weighted by Crippen LogP contribution is -2.43. The summed E-state index contributed by atoms with van der Waals surface area (Å²) in [6, 6.07) is 2.11. The van der Waals surface area contributed by atoms with Crippen LogP contribution < -0.4 is 11.1 Å². The number of carbonyl (C=O) groups is 1. The van der Waals surface area contributed by atoms with Crippen molar-refractivity contribution in [2.24, 2.45) is 5.92 Å². The second-order valence-electron chi connectivity index (χ2n) is 4.57. The molecule has 1 amide bonds. The van der Waals surface area contributed by atoms with Crippen molar-refractivity contribution in [3.8, 4) is 0 Å². The molecule has 0 spiro atoms. The van der Waals surface area contributed by atoms with E-state index in [4.69, 9.17) is 5.73 Å². The fourth-order valence-electron chi connectivity index (χ4n) is 2.05. The highest BCUT2D eigenvalue weighted by molar-refractivity contribution is 5.95. The zero-order valence-corrected chi connectivity index (χ0v) is 9.47. The number of halogens is 2. The van der Waals surface area contributed by atoms with Gasteiger partial charge >= 0.3 is 0 Å². The van der Waals surface area contributed by atoms with Gasteiger partial charge in [0.15, 0.2) is 5.82 Å². The quantitative estimate of drug-likeness (QED) is 0.777. The first-order valence-corrected chi connectivity index (χ1v) is 5.53. The zero-order valence-electron chi connectivity index (χ0n) is 9.47. The summed E-state index contributed by atoms with van der Waals surface area (Å²) in [7, 11) is 0. The first-order chi connectivity index (χ1) is 7.99.